The molecule has 10 nitrogen and oxygen atoms in total. The van der Waals surface area contributed by atoms with Gasteiger partial charge in [0.1, 0.15) is 17.3 Å². The lowest BCUT2D eigenvalue weighted by molar-refractivity contribution is -0.192. The number of hydrogen-bond acceptors (Lipinski definition) is 7. The van der Waals surface area contributed by atoms with Crippen molar-refractivity contribution >= 4 is 34.3 Å². The maximum Gasteiger partial charge on any atom is 0.490 e. The topological polar surface area (TPSA) is 132 Å². The number of carbonyl (C=O) groups is 2. The van der Waals surface area contributed by atoms with E-state index < -0.39 is 12.1 Å². The molecule has 0 aliphatic heterocycles. The van der Waals surface area contributed by atoms with E-state index in [1.165, 1.54) is 0 Å². The highest BCUT2D eigenvalue weighted by Crippen LogP contribution is 2.29. The van der Waals surface area contributed by atoms with E-state index in [0.717, 1.165) is 41.9 Å². The minimum absolute atomic E-state index is 0.127. The number of nitrogens with zero attached hydrogens (tertiary/aromatic N) is 3. The van der Waals surface area contributed by atoms with Gasteiger partial charge in [-0.15, -0.1) is 0 Å². The Morgan fingerprint density at radius 3 is 2.41 bits per heavy atom. The molecule has 2 aromatic heterocycles. The summed E-state index contributed by atoms with van der Waals surface area (Å²) in [6.45, 7) is 7.57. The van der Waals surface area contributed by atoms with Crippen molar-refractivity contribution in [1.82, 2.24) is 25.2 Å². The molecule has 2 heterocycles. The Kier molecular flexibility index (Phi) is 10.6. The molecule has 0 spiro atoms. The highest BCUT2D eigenvalue weighted by atomic mass is 19.4. The zero-order valence-electron chi connectivity index (χ0n) is 22.7. The van der Waals surface area contributed by atoms with Crippen LogP contribution in [0.4, 0.5) is 24.7 Å². The number of amides is 1. The number of likely N-dealkylation sites (N-methyl/N-ethyl adjacent to an activating group) is 1. The van der Waals surface area contributed by atoms with Gasteiger partial charge in [-0.1, -0.05) is 32.0 Å². The van der Waals surface area contributed by atoms with Gasteiger partial charge in [0.25, 0.3) is 5.91 Å². The van der Waals surface area contributed by atoms with Gasteiger partial charge in [0.2, 0.25) is 0 Å². The Balaban J connectivity index is 0.000000587. The highest BCUT2D eigenvalue weighted by molar-refractivity contribution is 5.95. The molecule has 0 aliphatic carbocycles. The summed E-state index contributed by atoms with van der Waals surface area (Å²) in [5, 5.41) is 14.5. The number of benzene rings is 2. The molecule has 4 aromatic rings. The number of aromatic nitrogens is 3. The van der Waals surface area contributed by atoms with Gasteiger partial charge in [0, 0.05) is 29.6 Å². The maximum atomic E-state index is 12.6. The van der Waals surface area contributed by atoms with Crippen LogP contribution in [-0.2, 0) is 4.79 Å². The molecule has 2 aromatic carbocycles. The molecule has 1 amide bonds. The van der Waals surface area contributed by atoms with Gasteiger partial charge in [-0.3, -0.25) is 9.78 Å². The van der Waals surface area contributed by atoms with Gasteiger partial charge in [-0.2, -0.15) is 13.2 Å². The number of H-pyrrole nitrogens is 1. The number of rotatable bonds is 10. The van der Waals surface area contributed by atoms with Crippen molar-refractivity contribution in [1.29, 1.82) is 0 Å². The predicted octanol–water partition coefficient (Wildman–Crippen LogP) is 5.08. The van der Waals surface area contributed by atoms with Gasteiger partial charge < -0.3 is 30.4 Å². The van der Waals surface area contributed by atoms with E-state index >= 15 is 0 Å². The van der Waals surface area contributed by atoms with Crippen LogP contribution in [0.25, 0.3) is 22.3 Å². The predicted molar refractivity (Wildman–Crippen MR) is 149 cm³/mol. The van der Waals surface area contributed by atoms with E-state index in [4.69, 9.17) is 19.6 Å². The highest BCUT2D eigenvalue weighted by Gasteiger charge is 2.38. The number of para-hydroxylation sites is 1. The molecular formula is C28H31F3N6O4. The summed E-state index contributed by atoms with van der Waals surface area (Å²) in [5.41, 5.74) is 3.90. The second-order valence-corrected chi connectivity index (χ2v) is 8.69. The van der Waals surface area contributed by atoms with Crippen LogP contribution >= 0.6 is 0 Å². The molecule has 0 aliphatic rings. The van der Waals surface area contributed by atoms with Gasteiger partial charge in [-0.25, -0.2) is 9.78 Å². The van der Waals surface area contributed by atoms with Crippen molar-refractivity contribution in [2.45, 2.75) is 20.0 Å². The van der Waals surface area contributed by atoms with Crippen LogP contribution in [0.2, 0.25) is 0 Å². The minimum Gasteiger partial charge on any atom is -0.495 e. The van der Waals surface area contributed by atoms with Crippen LogP contribution < -0.4 is 15.4 Å². The minimum atomic E-state index is -5.08. The maximum absolute atomic E-state index is 12.6. The van der Waals surface area contributed by atoms with Crippen molar-refractivity contribution in [3.8, 4) is 17.1 Å². The monoisotopic (exact) mass is 572 g/mol. The number of fused-ring (bicyclic) bond motifs is 1. The molecule has 0 radical (unpaired) electrons. The van der Waals surface area contributed by atoms with Gasteiger partial charge in [-0.05, 0) is 43.4 Å². The number of halogens is 3. The van der Waals surface area contributed by atoms with Crippen LogP contribution in [0.5, 0.6) is 5.75 Å². The van der Waals surface area contributed by atoms with Crippen LogP contribution in [0.3, 0.4) is 0 Å². The molecule has 13 heteroatoms. The number of ether oxygens (including phenoxy) is 1. The third-order valence-corrected chi connectivity index (χ3v) is 6.02. The Morgan fingerprint density at radius 2 is 1.78 bits per heavy atom. The summed E-state index contributed by atoms with van der Waals surface area (Å²) in [6.07, 6.45) is -1.71. The van der Waals surface area contributed by atoms with E-state index in [1.54, 1.807) is 31.6 Å². The summed E-state index contributed by atoms with van der Waals surface area (Å²) >= 11 is 0. The Bertz CT molecular complexity index is 1440. The second kappa shape index (κ2) is 14.1. The molecule has 0 saturated carbocycles. The molecule has 0 atom stereocenters. The number of aliphatic carboxylic acids is 1. The number of hydrogen-bond donors (Lipinski definition) is 4. The van der Waals surface area contributed by atoms with Crippen LogP contribution in [0.15, 0.2) is 60.9 Å². The van der Waals surface area contributed by atoms with Crippen molar-refractivity contribution in [3.63, 3.8) is 0 Å². The standard InChI is InChI=1S/C26H30N6O2.C2HF3O2/c1-4-32(5-2)13-12-28-26(33)19-10-11-21(24(15-19)34-3)30-25-17-27-16-23(31-25)22-14-18-8-6-7-9-20(18)29-22;3-2(4,5)1(6)7/h6-11,14-17,29H,4-5,12-13H2,1-3H3,(H,28,33)(H,30,31);(H,6,7). The smallest absolute Gasteiger partial charge is 0.490 e. The van der Waals surface area contributed by atoms with Crippen molar-refractivity contribution < 1.29 is 32.6 Å². The molecule has 0 unspecified atom stereocenters. The first kappa shape index (κ1) is 30.9. The van der Waals surface area contributed by atoms with Gasteiger partial charge in [0.15, 0.2) is 0 Å². The fourth-order valence-electron chi connectivity index (χ4n) is 3.81. The largest absolute Gasteiger partial charge is 0.495 e. The molecule has 0 bridgehead atoms. The summed E-state index contributed by atoms with van der Waals surface area (Å²) in [7, 11) is 1.58. The van der Waals surface area contributed by atoms with Gasteiger partial charge in [0.05, 0.1) is 30.9 Å². The van der Waals surface area contributed by atoms with Crippen LogP contribution in [0.1, 0.15) is 24.2 Å². The average Bonchev–Trinajstić information content (AvgIpc) is 3.40. The normalized spacial score (nSPS) is 11.1. The first-order valence-corrected chi connectivity index (χ1v) is 12.7. The third-order valence-electron chi connectivity index (χ3n) is 6.02. The zero-order chi connectivity index (χ0) is 30.0. The summed E-state index contributed by atoms with van der Waals surface area (Å²) in [5.74, 6) is -1.76. The number of carboxylic acids is 1. The molecular weight excluding hydrogens is 541 g/mol. The SMILES string of the molecule is CCN(CC)CCNC(=O)c1ccc(Nc2cncc(-c3cc4ccccc4[nH]3)n2)c(OC)c1.O=C(O)C(F)(F)F. The lowest BCUT2D eigenvalue weighted by Crippen LogP contribution is -2.34. The lowest BCUT2D eigenvalue weighted by Gasteiger charge is -2.18. The van der Waals surface area contributed by atoms with Crippen molar-refractivity contribution in [2.24, 2.45) is 0 Å². The number of carboxylic acid groups (broad SMARTS) is 1. The number of nitrogens with one attached hydrogen (secondary N) is 3. The number of anilines is 2. The van der Waals surface area contributed by atoms with Crippen molar-refractivity contribution in [3.05, 3.63) is 66.5 Å². The van der Waals surface area contributed by atoms with Crippen LogP contribution in [-0.4, -0.2) is 76.3 Å². The number of aromatic amines is 1. The quantitative estimate of drug-likeness (QED) is 0.207. The first-order valence-electron chi connectivity index (χ1n) is 12.7. The van der Waals surface area contributed by atoms with E-state index in [1.807, 2.05) is 24.3 Å². The molecule has 0 saturated heterocycles. The zero-order valence-corrected chi connectivity index (χ0v) is 22.7. The molecule has 41 heavy (non-hydrogen) atoms. The lowest BCUT2D eigenvalue weighted by atomic mass is 10.1. The Morgan fingerprint density at radius 1 is 1.07 bits per heavy atom. The fraction of sp³-hybridized carbons (Fsp3) is 0.286. The summed E-state index contributed by atoms with van der Waals surface area (Å²) < 4.78 is 37.3. The third kappa shape index (κ3) is 8.67. The van der Waals surface area contributed by atoms with Crippen molar-refractivity contribution in [2.75, 3.05) is 38.6 Å². The van der Waals surface area contributed by atoms with E-state index in [-0.39, 0.29) is 5.91 Å². The number of alkyl halides is 3. The van der Waals surface area contributed by atoms with Crippen LogP contribution in [0, 0.1) is 0 Å². The average molecular weight is 573 g/mol. The van der Waals surface area contributed by atoms with E-state index in [0.29, 0.717) is 29.4 Å². The molecule has 218 valence electrons. The van der Waals surface area contributed by atoms with E-state index in [9.17, 15) is 18.0 Å². The Hall–Kier alpha value is -4.65. The fourth-order valence-corrected chi connectivity index (χ4v) is 3.81. The number of carbonyl (C=O) groups excluding carboxylic acids is 1. The first-order chi connectivity index (χ1) is 19.5. The summed E-state index contributed by atoms with van der Waals surface area (Å²) in [6, 6.07) is 15.4. The Labute approximate surface area is 234 Å². The molecule has 4 rings (SSSR count). The molecule has 0 fully saturated rings. The van der Waals surface area contributed by atoms with E-state index in [2.05, 4.69) is 51.5 Å². The molecule has 4 N–H and O–H groups in total. The summed E-state index contributed by atoms with van der Waals surface area (Å²) in [4.78, 5) is 36.1. The second-order valence-electron chi connectivity index (χ2n) is 8.69. The van der Waals surface area contributed by atoms with Gasteiger partial charge >= 0.3 is 12.1 Å². The number of methoxy groups -OCH3 is 1.